The van der Waals surface area contributed by atoms with Crippen molar-refractivity contribution < 1.29 is 4.74 Å². The standard InChI is InChI=1S/C12H10Br2O/c13-5-6-15-10-7-9-3-1-2-4-11(9)12(14)8-10/h1-4,7-8H,5-6H2. The van der Waals surface area contributed by atoms with Crippen LogP contribution in [0.3, 0.4) is 0 Å². The quantitative estimate of drug-likeness (QED) is 0.759. The van der Waals surface area contributed by atoms with Crippen LogP contribution >= 0.6 is 31.9 Å². The van der Waals surface area contributed by atoms with Crippen molar-refractivity contribution in [3.8, 4) is 5.75 Å². The molecule has 2 rings (SSSR count). The highest BCUT2D eigenvalue weighted by molar-refractivity contribution is 9.10. The summed E-state index contributed by atoms with van der Waals surface area (Å²) < 4.78 is 6.64. The monoisotopic (exact) mass is 328 g/mol. The Morgan fingerprint density at radius 3 is 2.73 bits per heavy atom. The van der Waals surface area contributed by atoms with E-state index in [2.05, 4.69) is 50.1 Å². The van der Waals surface area contributed by atoms with Gasteiger partial charge in [-0.05, 0) is 22.9 Å². The van der Waals surface area contributed by atoms with Crippen LogP contribution in [0.4, 0.5) is 0 Å². The van der Waals surface area contributed by atoms with Crippen molar-refractivity contribution >= 4 is 42.6 Å². The summed E-state index contributed by atoms with van der Waals surface area (Å²) in [6.07, 6.45) is 0. The molecule has 0 bridgehead atoms. The minimum Gasteiger partial charge on any atom is -0.493 e. The lowest BCUT2D eigenvalue weighted by molar-refractivity contribution is 0.345. The number of rotatable bonds is 3. The zero-order chi connectivity index (χ0) is 10.7. The van der Waals surface area contributed by atoms with Crippen molar-refractivity contribution in [1.82, 2.24) is 0 Å². The minimum absolute atomic E-state index is 0.685. The van der Waals surface area contributed by atoms with Gasteiger partial charge in [-0.2, -0.15) is 0 Å². The third-order valence-electron chi connectivity index (χ3n) is 2.13. The second kappa shape index (κ2) is 4.99. The first-order valence-electron chi connectivity index (χ1n) is 4.68. The molecule has 0 aliphatic carbocycles. The molecule has 0 fully saturated rings. The number of hydrogen-bond acceptors (Lipinski definition) is 1. The maximum Gasteiger partial charge on any atom is 0.121 e. The van der Waals surface area contributed by atoms with E-state index in [-0.39, 0.29) is 0 Å². The Labute approximate surface area is 106 Å². The molecule has 78 valence electrons. The van der Waals surface area contributed by atoms with E-state index in [1.54, 1.807) is 0 Å². The van der Waals surface area contributed by atoms with Crippen LogP contribution in [0.1, 0.15) is 0 Å². The predicted octanol–water partition coefficient (Wildman–Crippen LogP) is 4.38. The molecule has 2 aromatic carbocycles. The highest BCUT2D eigenvalue weighted by Crippen LogP contribution is 2.29. The van der Waals surface area contributed by atoms with Crippen LogP contribution in [0.5, 0.6) is 5.75 Å². The lowest BCUT2D eigenvalue weighted by Gasteiger charge is -2.07. The Kier molecular flexibility index (Phi) is 3.65. The van der Waals surface area contributed by atoms with Crippen LogP contribution in [-0.2, 0) is 0 Å². The Bertz CT molecular complexity index is 468. The number of ether oxygens (including phenoxy) is 1. The average Bonchev–Trinajstić information content (AvgIpc) is 2.26. The highest BCUT2D eigenvalue weighted by atomic mass is 79.9. The van der Waals surface area contributed by atoms with Crippen molar-refractivity contribution in [1.29, 1.82) is 0 Å². The van der Waals surface area contributed by atoms with Gasteiger partial charge >= 0.3 is 0 Å². The molecular formula is C12H10Br2O. The number of alkyl halides is 1. The fourth-order valence-corrected chi connectivity index (χ4v) is 2.23. The van der Waals surface area contributed by atoms with Gasteiger partial charge in [0.15, 0.2) is 0 Å². The topological polar surface area (TPSA) is 9.23 Å². The lowest BCUT2D eigenvalue weighted by Crippen LogP contribution is -1.97. The molecule has 0 unspecified atom stereocenters. The predicted molar refractivity (Wildman–Crippen MR) is 70.9 cm³/mol. The third kappa shape index (κ3) is 2.52. The van der Waals surface area contributed by atoms with Crippen molar-refractivity contribution in [2.24, 2.45) is 0 Å². The van der Waals surface area contributed by atoms with Gasteiger partial charge in [0.05, 0.1) is 6.61 Å². The molecule has 0 spiro atoms. The molecule has 0 aromatic heterocycles. The van der Waals surface area contributed by atoms with E-state index >= 15 is 0 Å². The van der Waals surface area contributed by atoms with E-state index in [1.165, 1.54) is 10.8 Å². The van der Waals surface area contributed by atoms with Crippen molar-refractivity contribution in [2.75, 3.05) is 11.9 Å². The van der Waals surface area contributed by atoms with E-state index in [0.29, 0.717) is 6.61 Å². The molecule has 0 aliphatic rings. The Morgan fingerprint density at radius 2 is 1.93 bits per heavy atom. The van der Waals surface area contributed by atoms with Gasteiger partial charge in [-0.25, -0.2) is 0 Å². The van der Waals surface area contributed by atoms with E-state index in [4.69, 9.17) is 4.74 Å². The molecule has 0 saturated heterocycles. The van der Waals surface area contributed by atoms with Crippen LogP contribution in [0, 0.1) is 0 Å². The zero-order valence-corrected chi connectivity index (χ0v) is 11.2. The summed E-state index contributed by atoms with van der Waals surface area (Å²) in [6, 6.07) is 12.3. The molecular weight excluding hydrogens is 320 g/mol. The van der Waals surface area contributed by atoms with Crippen molar-refractivity contribution in [3.63, 3.8) is 0 Å². The largest absolute Gasteiger partial charge is 0.493 e. The SMILES string of the molecule is BrCCOc1cc(Br)c2ccccc2c1. The fraction of sp³-hybridized carbons (Fsp3) is 0.167. The fourth-order valence-electron chi connectivity index (χ4n) is 1.48. The number of halogens is 2. The smallest absolute Gasteiger partial charge is 0.121 e. The molecule has 0 amide bonds. The molecule has 3 heteroatoms. The van der Waals surface area contributed by atoms with Gasteiger partial charge < -0.3 is 4.74 Å². The van der Waals surface area contributed by atoms with Crippen LogP contribution in [-0.4, -0.2) is 11.9 Å². The second-order valence-corrected chi connectivity index (χ2v) is 4.81. The summed E-state index contributed by atoms with van der Waals surface area (Å²) in [5.74, 6) is 0.903. The van der Waals surface area contributed by atoms with Gasteiger partial charge in [0, 0.05) is 9.80 Å². The Balaban J connectivity index is 2.43. The summed E-state index contributed by atoms with van der Waals surface area (Å²) in [5, 5.41) is 3.25. The summed E-state index contributed by atoms with van der Waals surface area (Å²) in [7, 11) is 0. The average molecular weight is 330 g/mol. The molecule has 0 aliphatic heterocycles. The van der Waals surface area contributed by atoms with Gasteiger partial charge in [0.1, 0.15) is 5.75 Å². The van der Waals surface area contributed by atoms with Crippen LogP contribution in [0.15, 0.2) is 40.9 Å². The molecule has 1 nitrogen and oxygen atoms in total. The van der Waals surface area contributed by atoms with Gasteiger partial charge in [-0.3, -0.25) is 0 Å². The summed E-state index contributed by atoms with van der Waals surface area (Å²) >= 11 is 6.89. The van der Waals surface area contributed by atoms with Crippen LogP contribution in [0.25, 0.3) is 10.8 Å². The van der Waals surface area contributed by atoms with Gasteiger partial charge in [0.2, 0.25) is 0 Å². The first kappa shape index (κ1) is 11.0. The van der Waals surface area contributed by atoms with Crippen molar-refractivity contribution in [3.05, 3.63) is 40.9 Å². The summed E-state index contributed by atoms with van der Waals surface area (Å²) in [6.45, 7) is 0.685. The molecule has 0 N–H and O–H groups in total. The molecule has 0 saturated carbocycles. The van der Waals surface area contributed by atoms with E-state index in [1.807, 2.05) is 18.2 Å². The maximum absolute atomic E-state index is 5.57. The molecule has 2 aromatic rings. The number of hydrogen-bond donors (Lipinski definition) is 0. The summed E-state index contributed by atoms with van der Waals surface area (Å²) in [4.78, 5) is 0. The van der Waals surface area contributed by atoms with Gasteiger partial charge in [-0.15, -0.1) is 0 Å². The maximum atomic E-state index is 5.57. The van der Waals surface area contributed by atoms with Gasteiger partial charge in [0.25, 0.3) is 0 Å². The lowest BCUT2D eigenvalue weighted by atomic mass is 10.1. The number of benzene rings is 2. The minimum atomic E-state index is 0.685. The molecule has 15 heavy (non-hydrogen) atoms. The highest BCUT2D eigenvalue weighted by Gasteiger charge is 2.01. The second-order valence-electron chi connectivity index (χ2n) is 3.16. The summed E-state index contributed by atoms with van der Waals surface area (Å²) in [5.41, 5.74) is 0. The Hall–Kier alpha value is -0.540. The van der Waals surface area contributed by atoms with Crippen molar-refractivity contribution in [2.45, 2.75) is 0 Å². The molecule has 0 radical (unpaired) electrons. The molecule has 0 atom stereocenters. The van der Waals surface area contributed by atoms with E-state index in [9.17, 15) is 0 Å². The first-order valence-corrected chi connectivity index (χ1v) is 6.60. The number of fused-ring (bicyclic) bond motifs is 1. The van der Waals surface area contributed by atoms with E-state index in [0.717, 1.165) is 15.6 Å². The first-order chi connectivity index (χ1) is 7.31. The normalized spacial score (nSPS) is 10.5. The Morgan fingerprint density at radius 1 is 1.13 bits per heavy atom. The van der Waals surface area contributed by atoms with Crippen LogP contribution < -0.4 is 4.74 Å². The van der Waals surface area contributed by atoms with Crippen LogP contribution in [0.2, 0.25) is 0 Å². The van der Waals surface area contributed by atoms with Gasteiger partial charge in [-0.1, -0.05) is 56.1 Å². The van der Waals surface area contributed by atoms with E-state index < -0.39 is 0 Å². The third-order valence-corrected chi connectivity index (χ3v) is 3.11. The zero-order valence-electron chi connectivity index (χ0n) is 8.04. The molecule has 0 heterocycles.